The van der Waals surface area contributed by atoms with Gasteiger partial charge in [-0.15, -0.1) is 0 Å². The minimum atomic E-state index is -0.580. The third-order valence-electron chi connectivity index (χ3n) is 3.49. The molecule has 3 unspecified atom stereocenters. The molecule has 1 rings (SSSR count). The van der Waals surface area contributed by atoms with E-state index in [0.717, 1.165) is 12.8 Å². The van der Waals surface area contributed by atoms with Crippen LogP contribution < -0.4 is 11.5 Å². The van der Waals surface area contributed by atoms with Crippen molar-refractivity contribution in [2.24, 2.45) is 22.8 Å². The van der Waals surface area contributed by atoms with Gasteiger partial charge in [0.15, 0.2) is 0 Å². The summed E-state index contributed by atoms with van der Waals surface area (Å²) in [5.41, 5.74) is 11.0. The van der Waals surface area contributed by atoms with Crippen molar-refractivity contribution >= 4 is 5.91 Å². The summed E-state index contributed by atoms with van der Waals surface area (Å²) in [6.45, 7) is 7.37. The third-order valence-corrected chi connectivity index (χ3v) is 3.49. The van der Waals surface area contributed by atoms with Gasteiger partial charge in [-0.2, -0.15) is 0 Å². The molecule has 1 aliphatic rings. The molecule has 1 fully saturated rings. The van der Waals surface area contributed by atoms with Crippen LogP contribution in [0.3, 0.4) is 0 Å². The van der Waals surface area contributed by atoms with E-state index in [0.29, 0.717) is 30.5 Å². The van der Waals surface area contributed by atoms with E-state index in [2.05, 4.69) is 20.8 Å². The largest absolute Gasteiger partial charge is 0.378 e. The van der Waals surface area contributed by atoms with Gasteiger partial charge in [0.2, 0.25) is 5.91 Å². The summed E-state index contributed by atoms with van der Waals surface area (Å²) in [6.07, 6.45) is 4.26. The Hall–Kier alpha value is -0.610. The number of ether oxygens (including phenoxy) is 1. The molecule has 1 aliphatic carbocycles. The van der Waals surface area contributed by atoms with E-state index < -0.39 is 11.9 Å². The second-order valence-corrected chi connectivity index (χ2v) is 6.20. The Labute approximate surface area is 104 Å². The summed E-state index contributed by atoms with van der Waals surface area (Å²) in [7, 11) is 0. The molecule has 0 aliphatic heterocycles. The Balaban J connectivity index is 2.29. The predicted octanol–water partition coefficient (Wildman–Crippen LogP) is 1.42. The van der Waals surface area contributed by atoms with E-state index in [9.17, 15) is 4.79 Å². The van der Waals surface area contributed by atoms with E-state index >= 15 is 0 Å². The quantitative estimate of drug-likeness (QED) is 0.765. The summed E-state index contributed by atoms with van der Waals surface area (Å²) < 4.78 is 5.82. The Morgan fingerprint density at radius 2 is 2.12 bits per heavy atom. The number of rotatable bonds is 5. The van der Waals surface area contributed by atoms with E-state index in [4.69, 9.17) is 16.2 Å². The molecule has 0 bridgehead atoms. The molecule has 0 spiro atoms. The number of nitrogens with two attached hydrogens (primary N) is 2. The van der Waals surface area contributed by atoms with Crippen molar-refractivity contribution in [2.45, 2.75) is 58.6 Å². The van der Waals surface area contributed by atoms with Gasteiger partial charge in [-0.25, -0.2) is 0 Å². The predicted molar refractivity (Wildman–Crippen MR) is 68.3 cm³/mol. The van der Waals surface area contributed by atoms with Gasteiger partial charge in [-0.1, -0.05) is 20.8 Å². The van der Waals surface area contributed by atoms with Gasteiger partial charge in [0.1, 0.15) is 0 Å². The van der Waals surface area contributed by atoms with Gasteiger partial charge in [0.25, 0.3) is 0 Å². The standard InChI is InChI=1S/C13H26N2O2/c1-9-6-10(8-13(2,3)7-9)17-5-4-11(14)12(15)16/h9-11H,4-8,14H2,1-3H3,(H2,15,16). The van der Waals surface area contributed by atoms with E-state index in [1.807, 2.05) is 0 Å². The van der Waals surface area contributed by atoms with E-state index in [1.165, 1.54) is 6.42 Å². The maximum Gasteiger partial charge on any atom is 0.234 e. The second-order valence-electron chi connectivity index (χ2n) is 6.20. The molecule has 4 heteroatoms. The first-order valence-corrected chi connectivity index (χ1v) is 6.46. The second kappa shape index (κ2) is 5.83. The topological polar surface area (TPSA) is 78.3 Å². The minimum absolute atomic E-state index is 0.300. The van der Waals surface area contributed by atoms with Crippen molar-refractivity contribution in [3.05, 3.63) is 0 Å². The third kappa shape index (κ3) is 5.04. The maximum atomic E-state index is 10.8. The summed E-state index contributed by atoms with van der Waals surface area (Å²) in [6, 6.07) is -0.580. The van der Waals surface area contributed by atoms with Gasteiger partial charge in [0, 0.05) is 6.61 Å². The fourth-order valence-corrected chi connectivity index (χ4v) is 2.89. The van der Waals surface area contributed by atoms with Crippen molar-refractivity contribution in [1.29, 1.82) is 0 Å². The molecule has 17 heavy (non-hydrogen) atoms. The maximum absolute atomic E-state index is 10.8. The van der Waals surface area contributed by atoms with Crippen LogP contribution in [0.15, 0.2) is 0 Å². The molecule has 4 N–H and O–H groups in total. The highest BCUT2D eigenvalue weighted by Gasteiger charge is 2.32. The van der Waals surface area contributed by atoms with Gasteiger partial charge in [0.05, 0.1) is 12.1 Å². The van der Waals surface area contributed by atoms with Crippen LogP contribution in [0, 0.1) is 11.3 Å². The van der Waals surface area contributed by atoms with Crippen molar-refractivity contribution in [2.75, 3.05) is 6.61 Å². The van der Waals surface area contributed by atoms with Crippen molar-refractivity contribution in [3.8, 4) is 0 Å². The van der Waals surface area contributed by atoms with Crippen LogP contribution in [0.25, 0.3) is 0 Å². The average Bonchev–Trinajstić information content (AvgIpc) is 2.13. The molecule has 0 saturated heterocycles. The van der Waals surface area contributed by atoms with Crippen LogP contribution >= 0.6 is 0 Å². The monoisotopic (exact) mass is 242 g/mol. The molecule has 0 aromatic carbocycles. The smallest absolute Gasteiger partial charge is 0.234 e. The lowest BCUT2D eigenvalue weighted by molar-refractivity contribution is -0.120. The van der Waals surface area contributed by atoms with Gasteiger partial charge in [-0.05, 0) is 37.0 Å². The zero-order chi connectivity index (χ0) is 13.1. The average molecular weight is 242 g/mol. The van der Waals surface area contributed by atoms with E-state index in [-0.39, 0.29) is 0 Å². The first-order valence-electron chi connectivity index (χ1n) is 6.46. The Kier molecular flexibility index (Phi) is 4.95. The lowest BCUT2D eigenvalue weighted by atomic mass is 9.71. The number of carbonyl (C=O) groups excluding carboxylic acids is 1. The molecule has 4 nitrogen and oxygen atoms in total. The number of carbonyl (C=O) groups is 1. The Morgan fingerprint density at radius 3 is 2.65 bits per heavy atom. The molecular formula is C13H26N2O2. The zero-order valence-electron chi connectivity index (χ0n) is 11.2. The molecule has 0 aromatic rings. The zero-order valence-corrected chi connectivity index (χ0v) is 11.2. The minimum Gasteiger partial charge on any atom is -0.378 e. The summed E-state index contributed by atoms with van der Waals surface area (Å²) in [5, 5.41) is 0. The van der Waals surface area contributed by atoms with Crippen LogP contribution in [0.2, 0.25) is 0 Å². The molecule has 100 valence electrons. The summed E-state index contributed by atoms with van der Waals surface area (Å²) in [4.78, 5) is 10.8. The number of hydrogen-bond donors (Lipinski definition) is 2. The fourth-order valence-electron chi connectivity index (χ4n) is 2.89. The van der Waals surface area contributed by atoms with E-state index in [1.54, 1.807) is 0 Å². The lowest BCUT2D eigenvalue weighted by Crippen LogP contribution is -2.38. The first kappa shape index (κ1) is 14.5. The Morgan fingerprint density at radius 1 is 1.47 bits per heavy atom. The van der Waals surface area contributed by atoms with Crippen molar-refractivity contribution < 1.29 is 9.53 Å². The highest BCUT2D eigenvalue weighted by Crippen LogP contribution is 2.39. The molecular weight excluding hydrogens is 216 g/mol. The van der Waals surface area contributed by atoms with Crippen LogP contribution in [0.4, 0.5) is 0 Å². The summed E-state index contributed by atoms with van der Waals surface area (Å²) >= 11 is 0. The number of primary amides is 1. The SMILES string of the molecule is CC1CC(OCCC(N)C(N)=O)CC(C)(C)C1. The highest BCUT2D eigenvalue weighted by molar-refractivity contribution is 5.79. The van der Waals surface area contributed by atoms with Gasteiger partial charge < -0.3 is 16.2 Å². The van der Waals surface area contributed by atoms with Crippen LogP contribution in [0.1, 0.15) is 46.5 Å². The molecule has 1 amide bonds. The fraction of sp³-hybridized carbons (Fsp3) is 0.923. The first-order chi connectivity index (χ1) is 7.80. The summed E-state index contributed by atoms with van der Waals surface area (Å²) in [5.74, 6) is 0.250. The van der Waals surface area contributed by atoms with Crippen molar-refractivity contribution in [1.82, 2.24) is 0 Å². The highest BCUT2D eigenvalue weighted by atomic mass is 16.5. The molecule has 1 saturated carbocycles. The van der Waals surface area contributed by atoms with Crippen LogP contribution in [0.5, 0.6) is 0 Å². The number of amides is 1. The molecule has 0 radical (unpaired) electrons. The molecule has 3 atom stereocenters. The van der Waals surface area contributed by atoms with Crippen LogP contribution in [-0.4, -0.2) is 24.7 Å². The normalized spacial score (nSPS) is 29.9. The van der Waals surface area contributed by atoms with Crippen molar-refractivity contribution in [3.63, 3.8) is 0 Å². The Bertz CT molecular complexity index is 266. The molecule has 0 heterocycles. The number of hydrogen-bond acceptors (Lipinski definition) is 3. The van der Waals surface area contributed by atoms with Gasteiger partial charge in [-0.3, -0.25) is 4.79 Å². The van der Waals surface area contributed by atoms with Crippen LogP contribution in [-0.2, 0) is 9.53 Å². The lowest BCUT2D eigenvalue weighted by Gasteiger charge is -2.38. The van der Waals surface area contributed by atoms with Gasteiger partial charge >= 0.3 is 0 Å². The molecule has 0 aromatic heterocycles.